The Hall–Kier alpha value is -0.690. The number of ether oxygens (including phenoxy) is 2. The lowest BCUT2D eigenvalue weighted by Crippen LogP contribution is -2.51. The van der Waals surface area contributed by atoms with E-state index in [0.717, 1.165) is 12.8 Å². The molecular formula is C15H27N3O3. The van der Waals surface area contributed by atoms with E-state index in [4.69, 9.17) is 15.3 Å². The molecule has 1 spiro atoms. The fraction of sp³-hybridized carbons (Fsp3) is 0.933. The van der Waals surface area contributed by atoms with Gasteiger partial charge in [0.2, 0.25) is 0 Å². The SMILES string of the molecule is CN1CCC2(CC1)CC(OC1CC(OCC(=O)NN)C1)C2. The smallest absolute Gasteiger partial charge is 0.259 e. The first-order valence-electron chi connectivity index (χ1n) is 8.04. The van der Waals surface area contributed by atoms with Crippen LogP contribution >= 0.6 is 0 Å². The Balaban J connectivity index is 1.28. The molecule has 1 saturated heterocycles. The Bertz CT molecular complexity index is 368. The molecule has 1 aliphatic heterocycles. The van der Waals surface area contributed by atoms with Gasteiger partial charge in [-0.05, 0) is 64.1 Å². The van der Waals surface area contributed by atoms with Crippen LogP contribution in [0.3, 0.4) is 0 Å². The molecule has 21 heavy (non-hydrogen) atoms. The van der Waals surface area contributed by atoms with Gasteiger partial charge in [0.1, 0.15) is 6.61 Å². The van der Waals surface area contributed by atoms with Gasteiger partial charge in [-0.2, -0.15) is 0 Å². The van der Waals surface area contributed by atoms with E-state index in [9.17, 15) is 4.79 Å². The van der Waals surface area contributed by atoms with Gasteiger partial charge in [0.25, 0.3) is 5.91 Å². The molecule has 3 aliphatic rings. The number of rotatable bonds is 5. The van der Waals surface area contributed by atoms with Gasteiger partial charge >= 0.3 is 0 Å². The van der Waals surface area contributed by atoms with Crippen molar-refractivity contribution in [2.75, 3.05) is 26.7 Å². The van der Waals surface area contributed by atoms with Crippen molar-refractivity contribution in [3.63, 3.8) is 0 Å². The fourth-order valence-corrected chi connectivity index (χ4v) is 3.78. The predicted molar refractivity (Wildman–Crippen MR) is 78.4 cm³/mol. The van der Waals surface area contributed by atoms with Crippen LogP contribution in [0.4, 0.5) is 0 Å². The fourth-order valence-electron chi connectivity index (χ4n) is 3.78. The molecule has 0 aromatic rings. The van der Waals surface area contributed by atoms with E-state index >= 15 is 0 Å². The Morgan fingerprint density at radius 3 is 2.52 bits per heavy atom. The molecule has 6 heteroatoms. The molecule has 3 fully saturated rings. The summed E-state index contributed by atoms with van der Waals surface area (Å²) in [6, 6.07) is 0. The number of hydrogen-bond acceptors (Lipinski definition) is 5. The molecule has 0 aromatic heterocycles. The highest BCUT2D eigenvalue weighted by molar-refractivity contribution is 5.76. The third kappa shape index (κ3) is 3.56. The lowest BCUT2D eigenvalue weighted by molar-refractivity contribution is -0.179. The van der Waals surface area contributed by atoms with Crippen LogP contribution in [-0.2, 0) is 14.3 Å². The van der Waals surface area contributed by atoms with E-state index in [2.05, 4.69) is 17.4 Å². The van der Waals surface area contributed by atoms with E-state index in [0.29, 0.717) is 17.6 Å². The Labute approximate surface area is 126 Å². The lowest BCUT2D eigenvalue weighted by Gasteiger charge is -2.53. The number of nitrogens with two attached hydrogens (primary N) is 1. The van der Waals surface area contributed by atoms with Crippen molar-refractivity contribution in [2.45, 2.75) is 56.8 Å². The number of carbonyl (C=O) groups excluding carboxylic acids is 1. The van der Waals surface area contributed by atoms with Crippen LogP contribution in [0.25, 0.3) is 0 Å². The largest absolute Gasteiger partial charge is 0.375 e. The number of hydrazine groups is 1. The number of amides is 1. The summed E-state index contributed by atoms with van der Waals surface area (Å²) in [6.45, 7) is 2.51. The first-order chi connectivity index (χ1) is 10.1. The van der Waals surface area contributed by atoms with Crippen molar-refractivity contribution in [2.24, 2.45) is 11.3 Å². The van der Waals surface area contributed by atoms with E-state index in [-0.39, 0.29) is 18.6 Å². The molecule has 1 heterocycles. The van der Waals surface area contributed by atoms with Crippen LogP contribution in [0, 0.1) is 5.41 Å². The maximum absolute atomic E-state index is 11.0. The molecular weight excluding hydrogens is 270 g/mol. The zero-order valence-electron chi connectivity index (χ0n) is 12.8. The van der Waals surface area contributed by atoms with Gasteiger partial charge in [-0.25, -0.2) is 5.84 Å². The monoisotopic (exact) mass is 297 g/mol. The molecule has 0 radical (unpaired) electrons. The van der Waals surface area contributed by atoms with Gasteiger partial charge in [0.05, 0.1) is 18.3 Å². The van der Waals surface area contributed by atoms with Crippen LogP contribution < -0.4 is 11.3 Å². The summed E-state index contributed by atoms with van der Waals surface area (Å²) >= 11 is 0. The molecule has 6 nitrogen and oxygen atoms in total. The Morgan fingerprint density at radius 2 is 1.90 bits per heavy atom. The summed E-state index contributed by atoms with van der Waals surface area (Å²) in [7, 11) is 2.21. The van der Waals surface area contributed by atoms with Crippen molar-refractivity contribution in [1.82, 2.24) is 10.3 Å². The van der Waals surface area contributed by atoms with Crippen molar-refractivity contribution in [3.05, 3.63) is 0 Å². The minimum absolute atomic E-state index is 0.0495. The normalized spacial score (nSPS) is 32.5. The van der Waals surface area contributed by atoms with Crippen molar-refractivity contribution < 1.29 is 14.3 Å². The van der Waals surface area contributed by atoms with E-state index in [1.165, 1.54) is 38.8 Å². The van der Waals surface area contributed by atoms with E-state index in [1.54, 1.807) is 0 Å². The van der Waals surface area contributed by atoms with Crippen LogP contribution in [0.5, 0.6) is 0 Å². The van der Waals surface area contributed by atoms with E-state index < -0.39 is 0 Å². The molecule has 2 saturated carbocycles. The van der Waals surface area contributed by atoms with Crippen LogP contribution in [-0.4, -0.2) is 55.9 Å². The molecule has 120 valence electrons. The quantitative estimate of drug-likeness (QED) is 0.437. The third-order valence-electron chi connectivity index (χ3n) is 5.42. The van der Waals surface area contributed by atoms with Gasteiger partial charge in [-0.15, -0.1) is 0 Å². The van der Waals surface area contributed by atoms with Crippen LogP contribution in [0.1, 0.15) is 38.5 Å². The lowest BCUT2D eigenvalue weighted by atomic mass is 9.61. The molecule has 0 bridgehead atoms. The average Bonchev–Trinajstić information content (AvgIpc) is 2.40. The average molecular weight is 297 g/mol. The summed E-state index contributed by atoms with van der Waals surface area (Å²) in [4.78, 5) is 13.4. The van der Waals surface area contributed by atoms with Gasteiger partial charge in [-0.3, -0.25) is 10.2 Å². The molecule has 1 amide bonds. The zero-order valence-corrected chi connectivity index (χ0v) is 12.8. The number of likely N-dealkylation sites (tertiary alicyclic amines) is 1. The number of hydrogen-bond donors (Lipinski definition) is 2. The van der Waals surface area contributed by atoms with Gasteiger partial charge in [0.15, 0.2) is 0 Å². The summed E-state index contributed by atoms with van der Waals surface area (Å²) in [5.41, 5.74) is 2.65. The molecule has 0 atom stereocenters. The number of nitrogens with zero attached hydrogens (tertiary/aromatic N) is 1. The number of piperidine rings is 1. The van der Waals surface area contributed by atoms with Crippen LogP contribution in [0.2, 0.25) is 0 Å². The molecule has 0 unspecified atom stereocenters. The van der Waals surface area contributed by atoms with Crippen molar-refractivity contribution in [1.29, 1.82) is 0 Å². The highest BCUT2D eigenvalue weighted by atomic mass is 16.5. The topological polar surface area (TPSA) is 76.8 Å². The standard InChI is InChI=1S/C15H27N3O3/c1-18-4-2-15(3-5-18)8-13(9-15)21-12-6-11(7-12)20-10-14(19)17-16/h11-13H,2-10,16H2,1H3,(H,17,19). The maximum Gasteiger partial charge on any atom is 0.259 e. The molecule has 2 aliphatic carbocycles. The van der Waals surface area contributed by atoms with Gasteiger partial charge in [-0.1, -0.05) is 0 Å². The number of carbonyl (C=O) groups is 1. The minimum atomic E-state index is -0.275. The highest BCUT2D eigenvalue weighted by Gasteiger charge is 2.47. The first kappa shape index (κ1) is 15.2. The van der Waals surface area contributed by atoms with Gasteiger partial charge in [0, 0.05) is 0 Å². The maximum atomic E-state index is 11.0. The molecule has 3 rings (SSSR count). The van der Waals surface area contributed by atoms with Crippen molar-refractivity contribution >= 4 is 5.91 Å². The predicted octanol–water partition coefficient (Wildman–Crippen LogP) is 0.415. The second-order valence-electron chi connectivity index (χ2n) is 7.06. The van der Waals surface area contributed by atoms with Gasteiger partial charge < -0.3 is 14.4 Å². The Kier molecular flexibility index (Phi) is 4.49. The van der Waals surface area contributed by atoms with E-state index in [1.807, 2.05) is 0 Å². The second-order valence-corrected chi connectivity index (χ2v) is 7.06. The Morgan fingerprint density at radius 1 is 1.24 bits per heavy atom. The van der Waals surface area contributed by atoms with Crippen molar-refractivity contribution in [3.8, 4) is 0 Å². The molecule has 0 aromatic carbocycles. The first-order valence-corrected chi connectivity index (χ1v) is 8.04. The summed E-state index contributed by atoms with van der Waals surface area (Å²) < 4.78 is 11.6. The third-order valence-corrected chi connectivity index (χ3v) is 5.42. The second kappa shape index (κ2) is 6.20. The summed E-state index contributed by atoms with van der Waals surface area (Å²) in [5.74, 6) is 4.73. The summed E-state index contributed by atoms with van der Waals surface area (Å²) in [6.07, 6.45) is 7.87. The highest BCUT2D eigenvalue weighted by Crippen LogP contribution is 2.51. The molecule has 3 N–H and O–H groups in total. The number of nitrogens with one attached hydrogen (secondary N) is 1. The zero-order chi connectivity index (χ0) is 14.9. The van der Waals surface area contributed by atoms with Crippen LogP contribution in [0.15, 0.2) is 0 Å². The summed E-state index contributed by atoms with van der Waals surface area (Å²) in [5, 5.41) is 0. The minimum Gasteiger partial charge on any atom is -0.375 e.